The fraction of sp³-hybridized carbons (Fsp3) is 0.0909. The smallest absolute Gasteiger partial charge is 0.264 e. The third-order valence-electron chi connectivity index (χ3n) is 4.68. The van der Waals surface area contributed by atoms with Gasteiger partial charge in [-0.2, -0.15) is 0 Å². The van der Waals surface area contributed by atoms with E-state index in [2.05, 4.69) is 10.6 Å². The molecule has 3 aromatic carbocycles. The third-order valence-corrected chi connectivity index (χ3v) is 6.79. The van der Waals surface area contributed by atoms with E-state index in [4.69, 9.17) is 11.6 Å². The zero-order valence-electron chi connectivity index (χ0n) is 17.1. The first-order valence-electron chi connectivity index (χ1n) is 9.31. The fourth-order valence-electron chi connectivity index (χ4n) is 2.90. The second-order valence-electron chi connectivity index (χ2n) is 6.67. The Morgan fingerprint density at radius 3 is 2.25 bits per heavy atom. The maximum atomic E-state index is 13.2. The first-order chi connectivity index (χ1) is 15.1. The monoisotopic (exact) mass is 475 g/mol. The molecule has 2 N–H and O–H groups in total. The van der Waals surface area contributed by atoms with Gasteiger partial charge < -0.3 is 10.6 Å². The Bertz CT molecular complexity index is 1280. The average molecular weight is 476 g/mol. The maximum Gasteiger partial charge on any atom is 0.264 e. The molecule has 0 aliphatic rings. The van der Waals surface area contributed by atoms with E-state index in [9.17, 15) is 22.4 Å². The Hall–Kier alpha value is -3.43. The third kappa shape index (κ3) is 4.74. The van der Waals surface area contributed by atoms with E-state index in [1.807, 2.05) is 0 Å². The summed E-state index contributed by atoms with van der Waals surface area (Å²) in [6.45, 7) is 0. The highest BCUT2D eigenvalue weighted by molar-refractivity contribution is 7.92. The number of halogens is 2. The average Bonchev–Trinajstić information content (AvgIpc) is 2.79. The summed E-state index contributed by atoms with van der Waals surface area (Å²) in [6, 6.07) is 15.0. The number of sulfonamides is 1. The van der Waals surface area contributed by atoms with Gasteiger partial charge in [-0.1, -0.05) is 23.7 Å². The van der Waals surface area contributed by atoms with Crippen molar-refractivity contribution < 1.29 is 22.4 Å². The van der Waals surface area contributed by atoms with Gasteiger partial charge in [-0.05, 0) is 54.6 Å². The second-order valence-corrected chi connectivity index (χ2v) is 9.05. The molecule has 7 nitrogen and oxygen atoms in total. The molecule has 0 bridgehead atoms. The molecular formula is C22H19ClFN3O4S. The number of benzene rings is 3. The molecule has 0 fully saturated rings. The van der Waals surface area contributed by atoms with E-state index >= 15 is 0 Å². The van der Waals surface area contributed by atoms with Gasteiger partial charge in [0.1, 0.15) is 5.82 Å². The van der Waals surface area contributed by atoms with Gasteiger partial charge in [-0.3, -0.25) is 13.9 Å². The van der Waals surface area contributed by atoms with Gasteiger partial charge in [0.05, 0.1) is 32.4 Å². The lowest BCUT2D eigenvalue weighted by molar-refractivity contribution is 0.0964. The van der Waals surface area contributed by atoms with Crippen LogP contribution in [0.1, 0.15) is 20.7 Å². The van der Waals surface area contributed by atoms with Crippen LogP contribution in [-0.4, -0.2) is 34.3 Å². The number of hydrogen-bond acceptors (Lipinski definition) is 4. The molecular weight excluding hydrogens is 457 g/mol. The van der Waals surface area contributed by atoms with Crippen molar-refractivity contribution in [1.82, 2.24) is 5.32 Å². The maximum absolute atomic E-state index is 13.2. The summed E-state index contributed by atoms with van der Waals surface area (Å²) < 4.78 is 40.3. The lowest BCUT2D eigenvalue weighted by Crippen LogP contribution is -2.27. The molecule has 0 saturated carbocycles. The number of carbonyl (C=O) groups is 2. The van der Waals surface area contributed by atoms with Gasteiger partial charge in [-0.25, -0.2) is 12.8 Å². The quantitative estimate of drug-likeness (QED) is 0.565. The molecule has 3 aromatic rings. The summed E-state index contributed by atoms with van der Waals surface area (Å²) in [5.74, 6) is -1.58. The van der Waals surface area contributed by atoms with Gasteiger partial charge in [-0.15, -0.1) is 0 Å². The van der Waals surface area contributed by atoms with Gasteiger partial charge in [0.15, 0.2) is 0 Å². The molecule has 0 unspecified atom stereocenters. The van der Waals surface area contributed by atoms with Crippen molar-refractivity contribution in [1.29, 1.82) is 0 Å². The zero-order valence-corrected chi connectivity index (χ0v) is 18.7. The van der Waals surface area contributed by atoms with Crippen LogP contribution < -0.4 is 14.9 Å². The first-order valence-corrected chi connectivity index (χ1v) is 11.1. The standard InChI is InChI=1S/C22H19ClFN3O4S/c1-25-21(28)17-5-3-4-6-20(17)26-22(29)18-13-16(11-12-19(18)23)32(30,31)27(2)15-9-7-14(24)8-10-15/h3-13H,1-2H3,(H,25,28)(H,26,29). The van der Waals surface area contributed by atoms with Crippen LogP contribution in [-0.2, 0) is 10.0 Å². The molecule has 0 aliphatic heterocycles. The predicted molar refractivity (Wildman–Crippen MR) is 121 cm³/mol. The van der Waals surface area contributed by atoms with E-state index in [0.717, 1.165) is 22.5 Å². The molecule has 0 heterocycles. The van der Waals surface area contributed by atoms with Crippen LogP contribution in [0.5, 0.6) is 0 Å². The molecule has 0 aromatic heterocycles. The first kappa shape index (κ1) is 23.2. The van der Waals surface area contributed by atoms with Crippen LogP contribution in [0, 0.1) is 5.82 Å². The van der Waals surface area contributed by atoms with Crippen molar-refractivity contribution in [3.8, 4) is 0 Å². The highest BCUT2D eigenvalue weighted by Gasteiger charge is 2.24. The number of anilines is 2. The highest BCUT2D eigenvalue weighted by Crippen LogP contribution is 2.27. The van der Waals surface area contributed by atoms with Crippen LogP contribution >= 0.6 is 11.6 Å². The summed E-state index contributed by atoms with van der Waals surface area (Å²) in [6.07, 6.45) is 0. The van der Waals surface area contributed by atoms with Gasteiger partial charge in [0.25, 0.3) is 21.8 Å². The fourth-order valence-corrected chi connectivity index (χ4v) is 4.33. The Morgan fingerprint density at radius 1 is 0.938 bits per heavy atom. The Balaban J connectivity index is 1.94. The normalized spacial score (nSPS) is 11.0. The van der Waals surface area contributed by atoms with Crippen LogP contribution in [0.15, 0.2) is 71.6 Å². The van der Waals surface area contributed by atoms with Crippen LogP contribution in [0.4, 0.5) is 15.8 Å². The van der Waals surface area contributed by atoms with Crippen molar-refractivity contribution in [3.05, 3.63) is 88.7 Å². The van der Waals surface area contributed by atoms with Gasteiger partial charge in [0.2, 0.25) is 0 Å². The molecule has 10 heteroatoms. The molecule has 166 valence electrons. The molecule has 3 rings (SSSR count). The number of nitrogens with one attached hydrogen (secondary N) is 2. The number of rotatable bonds is 6. The molecule has 2 amide bonds. The van der Waals surface area contributed by atoms with E-state index in [1.54, 1.807) is 18.2 Å². The minimum Gasteiger partial charge on any atom is -0.355 e. The van der Waals surface area contributed by atoms with Crippen molar-refractivity contribution in [2.45, 2.75) is 4.90 Å². The van der Waals surface area contributed by atoms with Crippen molar-refractivity contribution >= 4 is 44.8 Å². The zero-order chi connectivity index (χ0) is 23.5. The molecule has 0 saturated heterocycles. The van der Waals surface area contributed by atoms with E-state index in [1.165, 1.54) is 44.4 Å². The largest absolute Gasteiger partial charge is 0.355 e. The number of hydrogen-bond donors (Lipinski definition) is 2. The second kappa shape index (κ2) is 9.37. The number of carbonyl (C=O) groups excluding carboxylic acids is 2. The summed E-state index contributed by atoms with van der Waals surface area (Å²) in [5.41, 5.74) is 0.628. The number of nitrogens with zero attached hydrogens (tertiary/aromatic N) is 1. The van der Waals surface area contributed by atoms with Crippen molar-refractivity contribution in [2.24, 2.45) is 0 Å². The van der Waals surface area contributed by atoms with Crippen LogP contribution in [0.3, 0.4) is 0 Å². The Labute approximate surface area is 189 Å². The number of amides is 2. The Morgan fingerprint density at radius 2 is 1.59 bits per heavy atom. The summed E-state index contributed by atoms with van der Waals surface area (Å²) in [7, 11) is -1.29. The van der Waals surface area contributed by atoms with E-state index in [-0.39, 0.29) is 32.4 Å². The molecule has 32 heavy (non-hydrogen) atoms. The van der Waals surface area contributed by atoms with Crippen LogP contribution in [0.2, 0.25) is 5.02 Å². The SMILES string of the molecule is CNC(=O)c1ccccc1NC(=O)c1cc(S(=O)(=O)N(C)c2ccc(F)cc2)ccc1Cl. The van der Waals surface area contributed by atoms with Crippen molar-refractivity contribution in [3.63, 3.8) is 0 Å². The predicted octanol–water partition coefficient (Wildman–Crippen LogP) is 3.92. The lowest BCUT2D eigenvalue weighted by atomic mass is 10.1. The lowest BCUT2D eigenvalue weighted by Gasteiger charge is -2.20. The van der Waals surface area contributed by atoms with E-state index < -0.39 is 27.7 Å². The number of para-hydroxylation sites is 1. The summed E-state index contributed by atoms with van der Waals surface area (Å²) >= 11 is 6.16. The topological polar surface area (TPSA) is 95.6 Å². The minimum atomic E-state index is -4.07. The summed E-state index contributed by atoms with van der Waals surface area (Å²) in [4.78, 5) is 24.7. The Kier molecular flexibility index (Phi) is 6.81. The molecule has 0 aliphatic carbocycles. The van der Waals surface area contributed by atoms with E-state index in [0.29, 0.717) is 0 Å². The highest BCUT2D eigenvalue weighted by atomic mass is 35.5. The van der Waals surface area contributed by atoms with Crippen LogP contribution in [0.25, 0.3) is 0 Å². The minimum absolute atomic E-state index is 0.0308. The van der Waals surface area contributed by atoms with Gasteiger partial charge >= 0.3 is 0 Å². The van der Waals surface area contributed by atoms with Crippen molar-refractivity contribution in [2.75, 3.05) is 23.7 Å². The summed E-state index contributed by atoms with van der Waals surface area (Å²) in [5, 5.41) is 5.11. The molecule has 0 atom stereocenters. The molecule has 0 spiro atoms. The molecule has 0 radical (unpaired) electrons. The van der Waals surface area contributed by atoms with Gasteiger partial charge in [0, 0.05) is 14.1 Å².